The number of nitriles is 1. The lowest BCUT2D eigenvalue weighted by molar-refractivity contribution is 0.0518. The maximum Gasteiger partial charge on any atom is 0.276 e. The molecule has 0 bridgehead atoms. The summed E-state index contributed by atoms with van der Waals surface area (Å²) in [5.41, 5.74) is 1.04. The quantitative estimate of drug-likeness (QED) is 0.819. The van der Waals surface area contributed by atoms with E-state index in [4.69, 9.17) is 14.5 Å². The highest BCUT2D eigenvalue weighted by atomic mass is 16.5. The molecule has 98 valence electrons. The molecule has 0 amide bonds. The monoisotopic (exact) mass is 258 g/mol. The molecule has 1 unspecified atom stereocenters. The van der Waals surface area contributed by atoms with Crippen LogP contribution in [0, 0.1) is 11.3 Å². The molecule has 19 heavy (non-hydrogen) atoms. The molecule has 0 aromatic carbocycles. The smallest absolute Gasteiger partial charge is 0.276 e. The minimum atomic E-state index is -0.166. The van der Waals surface area contributed by atoms with Gasteiger partial charge in [0.05, 0.1) is 5.56 Å². The van der Waals surface area contributed by atoms with Crippen LogP contribution in [0.5, 0.6) is 0 Å². The van der Waals surface area contributed by atoms with Gasteiger partial charge in [0.15, 0.2) is 0 Å². The molecular weight excluding hydrogens is 244 g/mol. The van der Waals surface area contributed by atoms with Crippen molar-refractivity contribution in [3.63, 3.8) is 0 Å². The van der Waals surface area contributed by atoms with E-state index in [1.54, 1.807) is 12.1 Å². The van der Waals surface area contributed by atoms with Crippen LogP contribution in [0.3, 0.4) is 0 Å². The Bertz CT molecular complexity index is 571. The van der Waals surface area contributed by atoms with E-state index in [9.17, 15) is 0 Å². The van der Waals surface area contributed by atoms with Crippen molar-refractivity contribution in [2.45, 2.75) is 26.4 Å². The summed E-state index contributed by atoms with van der Waals surface area (Å²) in [5, 5.41) is 12.6. The Morgan fingerprint density at radius 3 is 2.84 bits per heavy atom. The van der Waals surface area contributed by atoms with Gasteiger partial charge in [0.25, 0.3) is 5.89 Å². The molecule has 0 aliphatic rings. The van der Waals surface area contributed by atoms with Crippen molar-refractivity contribution in [3.8, 4) is 17.7 Å². The first kappa shape index (κ1) is 13.2. The molecule has 2 aromatic rings. The minimum Gasteiger partial charge on any atom is -0.370 e. The zero-order chi connectivity index (χ0) is 13.7. The van der Waals surface area contributed by atoms with Gasteiger partial charge in [-0.1, -0.05) is 12.1 Å². The average Bonchev–Trinajstić information content (AvgIpc) is 2.94. The highest BCUT2D eigenvalue weighted by Gasteiger charge is 2.18. The Morgan fingerprint density at radius 2 is 2.26 bits per heavy atom. The van der Waals surface area contributed by atoms with Gasteiger partial charge >= 0.3 is 0 Å². The number of hydrogen-bond donors (Lipinski definition) is 0. The van der Waals surface area contributed by atoms with Crippen LogP contribution in [0.2, 0.25) is 0 Å². The van der Waals surface area contributed by atoms with E-state index in [2.05, 4.69) is 15.1 Å². The first-order chi connectivity index (χ1) is 9.28. The van der Waals surface area contributed by atoms with E-state index in [1.165, 1.54) is 6.20 Å². The Morgan fingerprint density at radius 1 is 1.42 bits per heavy atom. The zero-order valence-corrected chi connectivity index (χ0v) is 10.8. The topological polar surface area (TPSA) is 84.8 Å². The first-order valence-corrected chi connectivity index (χ1v) is 6.10. The maximum absolute atomic E-state index is 8.71. The van der Waals surface area contributed by atoms with Gasteiger partial charge in [-0.25, -0.2) is 4.98 Å². The second-order valence-corrected chi connectivity index (χ2v) is 3.85. The Kier molecular flexibility index (Phi) is 4.21. The van der Waals surface area contributed by atoms with Gasteiger partial charge < -0.3 is 9.26 Å². The molecule has 1 atom stereocenters. The minimum absolute atomic E-state index is 0.166. The van der Waals surface area contributed by atoms with Crippen LogP contribution in [0.4, 0.5) is 0 Å². The maximum atomic E-state index is 8.71. The van der Waals surface area contributed by atoms with E-state index in [1.807, 2.05) is 19.9 Å². The van der Waals surface area contributed by atoms with Gasteiger partial charge in [0, 0.05) is 12.8 Å². The molecule has 0 fully saturated rings. The van der Waals surface area contributed by atoms with Crippen molar-refractivity contribution in [2.24, 2.45) is 0 Å². The highest BCUT2D eigenvalue weighted by Crippen LogP contribution is 2.21. The second kappa shape index (κ2) is 6.07. The molecule has 2 aromatic heterocycles. The van der Waals surface area contributed by atoms with Crippen molar-refractivity contribution in [3.05, 3.63) is 29.7 Å². The van der Waals surface area contributed by atoms with Crippen LogP contribution in [-0.4, -0.2) is 21.7 Å². The Labute approximate surface area is 111 Å². The van der Waals surface area contributed by atoms with Crippen LogP contribution in [0.25, 0.3) is 11.6 Å². The lowest BCUT2D eigenvalue weighted by Gasteiger charge is -2.09. The summed E-state index contributed by atoms with van der Waals surface area (Å²) in [7, 11) is 0. The normalized spacial score (nSPS) is 12.1. The predicted octanol–water partition coefficient (Wildman–Crippen LogP) is 2.49. The van der Waals surface area contributed by atoms with Gasteiger partial charge in [-0.05, 0) is 25.5 Å². The van der Waals surface area contributed by atoms with E-state index in [0.29, 0.717) is 29.6 Å². The van der Waals surface area contributed by atoms with Gasteiger partial charge in [0.2, 0.25) is 5.82 Å². The van der Waals surface area contributed by atoms with E-state index in [-0.39, 0.29) is 6.10 Å². The summed E-state index contributed by atoms with van der Waals surface area (Å²) >= 11 is 0. The molecule has 0 N–H and O–H groups in total. The second-order valence-electron chi connectivity index (χ2n) is 3.85. The Balaban J connectivity index is 2.22. The van der Waals surface area contributed by atoms with Crippen LogP contribution in [-0.2, 0) is 4.74 Å². The van der Waals surface area contributed by atoms with Crippen LogP contribution in [0.15, 0.2) is 22.9 Å². The molecule has 6 heteroatoms. The summed E-state index contributed by atoms with van der Waals surface area (Å²) in [5.74, 6) is 0.850. The van der Waals surface area contributed by atoms with Gasteiger partial charge in [-0.15, -0.1) is 0 Å². The largest absolute Gasteiger partial charge is 0.370 e. The fourth-order valence-corrected chi connectivity index (χ4v) is 1.63. The standard InChI is InChI=1S/C13H14N4O2/c1-3-11(18-4-2)12-16-13(19-17-12)10-6-5-9(7-14)8-15-10/h5-6,8,11H,3-4H2,1-2H3. The molecule has 0 saturated heterocycles. The third-order valence-corrected chi connectivity index (χ3v) is 2.58. The average molecular weight is 258 g/mol. The summed E-state index contributed by atoms with van der Waals surface area (Å²) in [6.07, 6.45) is 2.08. The lowest BCUT2D eigenvalue weighted by Crippen LogP contribution is -2.04. The van der Waals surface area contributed by atoms with Crippen LogP contribution in [0.1, 0.15) is 37.8 Å². The number of nitrogens with zero attached hydrogens (tertiary/aromatic N) is 4. The van der Waals surface area contributed by atoms with E-state index >= 15 is 0 Å². The van der Waals surface area contributed by atoms with E-state index < -0.39 is 0 Å². The number of rotatable bonds is 5. The molecular formula is C13H14N4O2. The fourth-order valence-electron chi connectivity index (χ4n) is 1.63. The van der Waals surface area contributed by atoms with Crippen LogP contribution < -0.4 is 0 Å². The SMILES string of the molecule is CCOC(CC)c1noc(-c2ccc(C#N)cn2)n1. The lowest BCUT2D eigenvalue weighted by atomic mass is 10.2. The molecule has 2 heterocycles. The molecule has 0 aliphatic carbocycles. The third kappa shape index (κ3) is 2.95. The van der Waals surface area contributed by atoms with Crippen LogP contribution >= 0.6 is 0 Å². The third-order valence-electron chi connectivity index (χ3n) is 2.58. The first-order valence-electron chi connectivity index (χ1n) is 6.10. The number of ether oxygens (including phenoxy) is 1. The molecule has 0 aliphatic heterocycles. The zero-order valence-electron chi connectivity index (χ0n) is 10.8. The number of hydrogen-bond acceptors (Lipinski definition) is 6. The van der Waals surface area contributed by atoms with Crippen molar-refractivity contribution >= 4 is 0 Å². The summed E-state index contributed by atoms with van der Waals surface area (Å²) < 4.78 is 10.7. The fraction of sp³-hybridized carbons (Fsp3) is 0.385. The van der Waals surface area contributed by atoms with Crippen molar-refractivity contribution < 1.29 is 9.26 Å². The molecule has 0 radical (unpaired) electrons. The summed E-state index contributed by atoms with van der Waals surface area (Å²) in [6.45, 7) is 4.51. The Hall–Kier alpha value is -2.26. The molecule has 0 spiro atoms. The van der Waals surface area contributed by atoms with Gasteiger partial charge in [0.1, 0.15) is 17.9 Å². The number of pyridine rings is 1. The van der Waals surface area contributed by atoms with E-state index in [0.717, 1.165) is 6.42 Å². The number of aromatic nitrogens is 3. The molecule has 0 saturated carbocycles. The molecule has 6 nitrogen and oxygen atoms in total. The van der Waals surface area contributed by atoms with Crippen molar-refractivity contribution in [1.29, 1.82) is 5.26 Å². The van der Waals surface area contributed by atoms with Gasteiger partial charge in [-0.2, -0.15) is 10.2 Å². The summed E-state index contributed by atoms with van der Waals surface area (Å²) in [4.78, 5) is 8.38. The molecule has 2 rings (SSSR count). The predicted molar refractivity (Wildman–Crippen MR) is 66.9 cm³/mol. The van der Waals surface area contributed by atoms with Crippen molar-refractivity contribution in [1.82, 2.24) is 15.1 Å². The van der Waals surface area contributed by atoms with Crippen molar-refractivity contribution in [2.75, 3.05) is 6.61 Å². The summed E-state index contributed by atoms with van der Waals surface area (Å²) in [6, 6.07) is 5.34. The highest BCUT2D eigenvalue weighted by molar-refractivity contribution is 5.47. The van der Waals surface area contributed by atoms with Gasteiger partial charge in [-0.3, -0.25) is 0 Å².